The summed E-state index contributed by atoms with van der Waals surface area (Å²) >= 11 is 9.75. The van der Waals surface area contributed by atoms with E-state index in [1.165, 1.54) is 30.2 Å². The summed E-state index contributed by atoms with van der Waals surface area (Å²) < 4.78 is 35.4. The van der Waals surface area contributed by atoms with Crippen LogP contribution in [0.5, 0.6) is 5.75 Å². The molecule has 2 amide bonds. The smallest absolute Gasteiger partial charge is 0.264 e. The molecule has 242 valence electrons. The van der Waals surface area contributed by atoms with E-state index in [1.54, 1.807) is 30.3 Å². The highest BCUT2D eigenvalue weighted by Crippen LogP contribution is 2.28. The molecule has 1 N–H and O–H groups in total. The van der Waals surface area contributed by atoms with Gasteiger partial charge in [-0.25, -0.2) is 8.42 Å². The Morgan fingerprint density at radius 3 is 2.17 bits per heavy atom. The van der Waals surface area contributed by atoms with Crippen LogP contribution in [0.25, 0.3) is 0 Å². The van der Waals surface area contributed by atoms with Gasteiger partial charge >= 0.3 is 0 Å². The van der Waals surface area contributed by atoms with Crippen molar-refractivity contribution >= 4 is 55.1 Å². The number of nitrogens with one attached hydrogen (secondary N) is 1. The molecule has 0 aliphatic rings. The first kappa shape index (κ1) is 35.0. The van der Waals surface area contributed by atoms with Gasteiger partial charge in [0.2, 0.25) is 11.8 Å². The van der Waals surface area contributed by atoms with Crippen LogP contribution in [-0.4, -0.2) is 51.4 Å². The number of rotatable bonds is 14. The Balaban J connectivity index is 1.79. The van der Waals surface area contributed by atoms with Crippen molar-refractivity contribution in [2.75, 3.05) is 24.5 Å². The molecule has 0 bridgehead atoms. The zero-order valence-electron chi connectivity index (χ0n) is 25.9. The molecule has 0 saturated carbocycles. The molecule has 4 aromatic carbocycles. The molecule has 0 radical (unpaired) electrons. The SMILES string of the molecule is COc1ccc(S(=O)(=O)N(CC(=O)N(Cc2ccc(Br)cc2)[C@@H](Cc2ccccc2)C(=O)NCC(C)C)c2cccc(Cl)c2)cc1. The molecule has 1 atom stereocenters. The number of anilines is 1. The number of carbonyl (C=O) groups is 2. The number of hydrogen-bond donors (Lipinski definition) is 1. The molecule has 4 rings (SSSR count). The maximum atomic E-state index is 14.5. The number of carbonyl (C=O) groups excluding carboxylic acids is 2. The van der Waals surface area contributed by atoms with Gasteiger partial charge in [-0.2, -0.15) is 0 Å². The summed E-state index contributed by atoms with van der Waals surface area (Å²) in [5, 5.41) is 3.30. The van der Waals surface area contributed by atoms with Crippen molar-refractivity contribution in [1.29, 1.82) is 0 Å². The van der Waals surface area contributed by atoms with Gasteiger partial charge in [-0.3, -0.25) is 13.9 Å². The molecule has 0 saturated heterocycles. The van der Waals surface area contributed by atoms with Gasteiger partial charge < -0.3 is 15.0 Å². The fraction of sp³-hybridized carbons (Fsp3) is 0.257. The number of amides is 2. The Bertz CT molecular complexity index is 1720. The summed E-state index contributed by atoms with van der Waals surface area (Å²) in [4.78, 5) is 29.8. The van der Waals surface area contributed by atoms with E-state index in [9.17, 15) is 18.0 Å². The highest BCUT2D eigenvalue weighted by Gasteiger charge is 2.34. The van der Waals surface area contributed by atoms with Gasteiger partial charge in [0.25, 0.3) is 10.0 Å². The lowest BCUT2D eigenvalue weighted by Crippen LogP contribution is -2.53. The lowest BCUT2D eigenvalue weighted by atomic mass is 10.0. The van der Waals surface area contributed by atoms with Crippen molar-refractivity contribution in [3.05, 3.63) is 124 Å². The van der Waals surface area contributed by atoms with E-state index < -0.39 is 28.5 Å². The van der Waals surface area contributed by atoms with Crippen LogP contribution in [0, 0.1) is 5.92 Å². The van der Waals surface area contributed by atoms with E-state index in [1.807, 2.05) is 68.4 Å². The quantitative estimate of drug-likeness (QED) is 0.156. The Morgan fingerprint density at radius 2 is 1.57 bits per heavy atom. The second-order valence-electron chi connectivity index (χ2n) is 11.2. The van der Waals surface area contributed by atoms with Gasteiger partial charge in [-0.1, -0.05) is 89.9 Å². The van der Waals surface area contributed by atoms with E-state index >= 15 is 0 Å². The summed E-state index contributed by atoms with van der Waals surface area (Å²) in [5.41, 5.74) is 1.85. The van der Waals surface area contributed by atoms with Gasteiger partial charge in [0.05, 0.1) is 17.7 Å². The highest BCUT2D eigenvalue weighted by molar-refractivity contribution is 9.10. The summed E-state index contributed by atoms with van der Waals surface area (Å²) in [6.07, 6.45) is 0.232. The second-order valence-corrected chi connectivity index (χ2v) is 14.4. The van der Waals surface area contributed by atoms with Crippen LogP contribution in [0.15, 0.2) is 112 Å². The predicted molar refractivity (Wildman–Crippen MR) is 185 cm³/mol. The minimum atomic E-state index is -4.26. The maximum Gasteiger partial charge on any atom is 0.264 e. The zero-order valence-corrected chi connectivity index (χ0v) is 29.1. The standard InChI is InChI=1S/C35H37BrClN3O5S/c1-25(2)22-38-35(42)33(20-26-8-5-4-6-9-26)39(23-27-12-14-28(36)15-13-27)34(41)24-40(30-11-7-10-29(37)21-30)46(43,44)32-18-16-31(45-3)17-19-32/h4-19,21,25,33H,20,22-24H2,1-3H3,(H,38,42)/t33-/m0/s1. The summed E-state index contributed by atoms with van der Waals surface area (Å²) in [6, 6.07) is 28.2. The van der Waals surface area contributed by atoms with Gasteiger partial charge in [0.15, 0.2) is 0 Å². The first-order valence-corrected chi connectivity index (χ1v) is 17.4. The fourth-order valence-electron chi connectivity index (χ4n) is 4.80. The Kier molecular flexibility index (Phi) is 12.3. The highest BCUT2D eigenvalue weighted by atomic mass is 79.9. The molecular weight excluding hydrogens is 690 g/mol. The van der Waals surface area contributed by atoms with Crippen LogP contribution < -0.4 is 14.4 Å². The number of methoxy groups -OCH3 is 1. The van der Waals surface area contributed by atoms with Crippen molar-refractivity contribution in [2.24, 2.45) is 5.92 Å². The van der Waals surface area contributed by atoms with Crippen molar-refractivity contribution in [1.82, 2.24) is 10.2 Å². The minimum Gasteiger partial charge on any atom is -0.497 e. The van der Waals surface area contributed by atoms with Crippen LogP contribution in [0.4, 0.5) is 5.69 Å². The van der Waals surface area contributed by atoms with Gasteiger partial charge in [0.1, 0.15) is 18.3 Å². The molecule has 8 nitrogen and oxygen atoms in total. The largest absolute Gasteiger partial charge is 0.497 e. The van der Waals surface area contributed by atoms with Crippen molar-refractivity contribution in [3.8, 4) is 5.75 Å². The molecule has 0 aliphatic carbocycles. The number of sulfonamides is 1. The Labute approximate surface area is 284 Å². The van der Waals surface area contributed by atoms with Crippen LogP contribution in [0.1, 0.15) is 25.0 Å². The van der Waals surface area contributed by atoms with Crippen molar-refractivity contribution in [2.45, 2.75) is 37.8 Å². The molecule has 0 unspecified atom stereocenters. The minimum absolute atomic E-state index is 0.0314. The van der Waals surface area contributed by atoms with Crippen molar-refractivity contribution < 1.29 is 22.7 Å². The third kappa shape index (κ3) is 9.34. The average molecular weight is 727 g/mol. The molecule has 0 fully saturated rings. The summed E-state index contributed by atoms with van der Waals surface area (Å²) in [5.74, 6) is -0.206. The van der Waals surface area contributed by atoms with Crippen molar-refractivity contribution in [3.63, 3.8) is 0 Å². The number of benzene rings is 4. The normalized spacial score (nSPS) is 12.0. The van der Waals surface area contributed by atoms with E-state index in [2.05, 4.69) is 21.2 Å². The molecule has 11 heteroatoms. The molecule has 0 spiro atoms. The molecule has 4 aromatic rings. The predicted octanol–water partition coefficient (Wildman–Crippen LogP) is 6.72. The molecule has 0 heterocycles. The van der Waals surface area contributed by atoms with Gasteiger partial charge in [-0.15, -0.1) is 0 Å². The average Bonchev–Trinajstić information content (AvgIpc) is 3.05. The topological polar surface area (TPSA) is 96.0 Å². The van der Waals surface area contributed by atoms with E-state index in [0.717, 1.165) is 19.9 Å². The van der Waals surface area contributed by atoms with Crippen LogP contribution in [-0.2, 0) is 32.6 Å². The van der Waals surface area contributed by atoms with E-state index in [0.29, 0.717) is 17.3 Å². The lowest BCUT2D eigenvalue weighted by molar-refractivity contribution is -0.140. The maximum absolute atomic E-state index is 14.5. The number of nitrogens with zero attached hydrogens (tertiary/aromatic N) is 2. The second kappa shape index (κ2) is 16.1. The van der Waals surface area contributed by atoms with Crippen LogP contribution in [0.3, 0.4) is 0 Å². The third-order valence-electron chi connectivity index (χ3n) is 7.24. The zero-order chi connectivity index (χ0) is 33.3. The van der Waals surface area contributed by atoms with Gasteiger partial charge in [0, 0.05) is 29.0 Å². The Hall–Kier alpha value is -3.86. The summed E-state index contributed by atoms with van der Waals surface area (Å²) in [6.45, 7) is 3.90. The monoisotopic (exact) mass is 725 g/mol. The molecule has 0 aliphatic heterocycles. The first-order chi connectivity index (χ1) is 22.0. The molecule has 0 aromatic heterocycles. The lowest BCUT2D eigenvalue weighted by Gasteiger charge is -2.34. The number of halogens is 2. The van der Waals surface area contributed by atoms with E-state index in [-0.39, 0.29) is 35.4 Å². The number of hydrogen-bond acceptors (Lipinski definition) is 5. The Morgan fingerprint density at radius 1 is 0.891 bits per heavy atom. The molecular formula is C35H37BrClN3O5S. The molecule has 46 heavy (non-hydrogen) atoms. The summed E-state index contributed by atoms with van der Waals surface area (Å²) in [7, 11) is -2.77. The third-order valence-corrected chi connectivity index (χ3v) is 9.80. The van der Waals surface area contributed by atoms with E-state index in [4.69, 9.17) is 16.3 Å². The van der Waals surface area contributed by atoms with Crippen LogP contribution >= 0.6 is 27.5 Å². The van der Waals surface area contributed by atoms with Crippen LogP contribution in [0.2, 0.25) is 5.02 Å². The fourth-order valence-corrected chi connectivity index (χ4v) is 6.65. The number of ether oxygens (including phenoxy) is 1. The van der Waals surface area contributed by atoms with Gasteiger partial charge in [-0.05, 0) is 71.6 Å². The first-order valence-electron chi connectivity index (χ1n) is 14.8.